The van der Waals surface area contributed by atoms with Crippen LogP contribution in [0.15, 0.2) is 24.3 Å². The summed E-state index contributed by atoms with van der Waals surface area (Å²) in [5, 5.41) is 0. The third kappa shape index (κ3) is 4.30. The molecule has 1 aromatic rings. The maximum Gasteiger partial charge on any atom is 0.189 e. The number of benzene rings is 1. The Morgan fingerprint density at radius 2 is 1.68 bits per heavy atom. The Kier molecular flexibility index (Phi) is 6.02. The van der Waals surface area contributed by atoms with Gasteiger partial charge >= 0.3 is 0 Å². The van der Waals surface area contributed by atoms with Crippen molar-refractivity contribution in [3.8, 4) is 0 Å². The minimum atomic E-state index is -1.72. The van der Waals surface area contributed by atoms with Gasteiger partial charge in [-0.2, -0.15) is 0 Å². The summed E-state index contributed by atoms with van der Waals surface area (Å²) in [5.41, 5.74) is 4.16. The van der Waals surface area contributed by atoms with Crippen molar-refractivity contribution in [1.29, 1.82) is 0 Å². The number of hydrogen-bond donors (Lipinski definition) is 0. The molecule has 0 spiro atoms. The smallest absolute Gasteiger partial charge is 0.189 e. The highest BCUT2D eigenvalue weighted by atomic mass is 28.4. The quantitative estimate of drug-likeness (QED) is 0.682. The van der Waals surface area contributed by atoms with Crippen molar-refractivity contribution in [3.63, 3.8) is 0 Å². The van der Waals surface area contributed by atoms with Gasteiger partial charge in [0.2, 0.25) is 0 Å². The minimum Gasteiger partial charge on any atom is -0.457 e. The third-order valence-electron chi connectivity index (χ3n) is 3.97. The number of aryl methyl sites for hydroxylation is 1. The van der Waals surface area contributed by atoms with E-state index in [-0.39, 0.29) is 0 Å². The van der Waals surface area contributed by atoms with Crippen LogP contribution in [0, 0.1) is 6.92 Å². The summed E-state index contributed by atoms with van der Waals surface area (Å²) in [5.74, 6) is 0. The normalized spacial score (nSPS) is 12.7. The topological polar surface area (TPSA) is 9.23 Å². The van der Waals surface area contributed by atoms with Crippen LogP contribution in [0.4, 0.5) is 0 Å². The average Bonchev–Trinajstić information content (AvgIpc) is 2.26. The maximum atomic E-state index is 6.68. The Hall–Kier alpha value is -0.386. The van der Waals surface area contributed by atoms with Crippen LogP contribution < -0.4 is 0 Å². The molecule has 0 bridgehead atoms. The molecular formula is C16H30OSi2. The van der Waals surface area contributed by atoms with Crippen molar-refractivity contribution in [2.24, 2.45) is 0 Å². The van der Waals surface area contributed by atoms with Crippen molar-refractivity contribution < 1.29 is 4.12 Å². The van der Waals surface area contributed by atoms with Gasteiger partial charge in [-0.3, -0.25) is 0 Å². The summed E-state index contributed by atoms with van der Waals surface area (Å²) in [4.78, 5) is 0. The first-order valence-electron chi connectivity index (χ1n) is 7.51. The molecule has 0 aromatic heterocycles. The molecule has 108 valence electrons. The molecule has 1 nitrogen and oxygen atoms in total. The molecule has 0 radical (unpaired) electrons. The predicted octanol–water partition coefficient (Wildman–Crippen LogP) is 4.84. The standard InChI is InChI=1S/C16H30OSi2/c1-13(2)19(14(3)4,17-18(6)7)12-16-10-8-9-15(5)11-16/h8-11,13-14,18H,12H2,1-7H3. The molecule has 0 aliphatic rings. The van der Waals surface area contributed by atoms with Crippen LogP contribution in [0.25, 0.3) is 0 Å². The predicted molar refractivity (Wildman–Crippen MR) is 90.8 cm³/mol. The lowest BCUT2D eigenvalue weighted by molar-refractivity contribution is 0.511. The van der Waals surface area contributed by atoms with E-state index in [0.717, 1.165) is 6.04 Å². The SMILES string of the molecule is Cc1cccc(C[Si](O[SiH](C)C)(C(C)C)C(C)C)c1. The molecule has 3 heteroatoms. The molecule has 0 aliphatic carbocycles. The highest BCUT2D eigenvalue weighted by Gasteiger charge is 2.42. The van der Waals surface area contributed by atoms with Crippen LogP contribution in [0.3, 0.4) is 0 Å². The molecule has 0 saturated carbocycles. The van der Waals surface area contributed by atoms with Gasteiger partial charge in [-0.1, -0.05) is 57.5 Å². The van der Waals surface area contributed by atoms with Crippen molar-refractivity contribution in [3.05, 3.63) is 35.4 Å². The molecule has 19 heavy (non-hydrogen) atoms. The van der Waals surface area contributed by atoms with Gasteiger partial charge in [-0.25, -0.2) is 0 Å². The van der Waals surface area contributed by atoms with Crippen LogP contribution >= 0.6 is 0 Å². The van der Waals surface area contributed by atoms with E-state index in [4.69, 9.17) is 4.12 Å². The van der Waals surface area contributed by atoms with Gasteiger partial charge in [0.05, 0.1) is 0 Å². The second-order valence-electron chi connectivity index (χ2n) is 6.60. The summed E-state index contributed by atoms with van der Waals surface area (Å²) >= 11 is 0. The summed E-state index contributed by atoms with van der Waals surface area (Å²) in [6, 6.07) is 10.1. The Bertz CT molecular complexity index is 391. The Balaban J connectivity index is 3.09. The van der Waals surface area contributed by atoms with Gasteiger partial charge in [0.1, 0.15) is 0 Å². The third-order valence-corrected chi connectivity index (χ3v) is 12.5. The van der Waals surface area contributed by atoms with Crippen LogP contribution in [-0.2, 0) is 10.2 Å². The second-order valence-corrected chi connectivity index (χ2v) is 14.2. The lowest BCUT2D eigenvalue weighted by Gasteiger charge is -2.41. The molecule has 0 aliphatic heterocycles. The summed E-state index contributed by atoms with van der Waals surface area (Å²) in [6.45, 7) is 16.2. The fourth-order valence-electron chi connectivity index (χ4n) is 2.97. The molecule has 0 atom stereocenters. The molecule has 0 N–H and O–H groups in total. The molecule has 0 unspecified atom stereocenters. The first-order chi connectivity index (χ1) is 8.78. The van der Waals surface area contributed by atoms with Crippen LogP contribution in [0.1, 0.15) is 38.8 Å². The fraction of sp³-hybridized carbons (Fsp3) is 0.625. The fourth-order valence-corrected chi connectivity index (χ4v) is 12.0. The zero-order valence-corrected chi connectivity index (χ0v) is 15.8. The summed E-state index contributed by atoms with van der Waals surface area (Å²) in [6.07, 6.45) is 0. The Morgan fingerprint density at radius 3 is 2.11 bits per heavy atom. The van der Waals surface area contributed by atoms with Gasteiger partial charge < -0.3 is 4.12 Å². The largest absolute Gasteiger partial charge is 0.457 e. The van der Waals surface area contributed by atoms with E-state index in [1.54, 1.807) is 0 Å². The van der Waals surface area contributed by atoms with Crippen molar-refractivity contribution in [2.45, 2.75) is 64.8 Å². The Labute approximate surface area is 122 Å². The van der Waals surface area contributed by atoms with E-state index in [0.29, 0.717) is 11.1 Å². The van der Waals surface area contributed by atoms with Gasteiger partial charge in [0.25, 0.3) is 0 Å². The molecule has 0 fully saturated rings. The monoisotopic (exact) mass is 294 g/mol. The van der Waals surface area contributed by atoms with E-state index in [9.17, 15) is 0 Å². The zero-order valence-electron chi connectivity index (χ0n) is 13.7. The number of rotatable bonds is 6. The molecule has 1 aromatic carbocycles. The molecule has 0 saturated heterocycles. The number of hydrogen-bond acceptors (Lipinski definition) is 1. The van der Waals surface area contributed by atoms with Crippen LogP contribution in [0.2, 0.25) is 24.2 Å². The van der Waals surface area contributed by atoms with E-state index < -0.39 is 17.4 Å². The lowest BCUT2D eigenvalue weighted by atomic mass is 10.2. The van der Waals surface area contributed by atoms with Crippen molar-refractivity contribution in [1.82, 2.24) is 0 Å². The van der Waals surface area contributed by atoms with Gasteiger partial charge in [-0.05, 0) is 42.7 Å². The van der Waals surface area contributed by atoms with E-state index >= 15 is 0 Å². The van der Waals surface area contributed by atoms with Crippen LogP contribution in [-0.4, -0.2) is 17.4 Å². The summed E-state index contributed by atoms with van der Waals surface area (Å²) in [7, 11) is -2.71. The van der Waals surface area contributed by atoms with Gasteiger partial charge in [0, 0.05) is 0 Å². The Morgan fingerprint density at radius 1 is 1.11 bits per heavy atom. The highest BCUT2D eigenvalue weighted by Crippen LogP contribution is 2.36. The van der Waals surface area contributed by atoms with Crippen LogP contribution in [0.5, 0.6) is 0 Å². The van der Waals surface area contributed by atoms with Crippen molar-refractivity contribution in [2.75, 3.05) is 0 Å². The van der Waals surface area contributed by atoms with Gasteiger partial charge in [0.15, 0.2) is 17.4 Å². The van der Waals surface area contributed by atoms with Crippen molar-refractivity contribution >= 4 is 17.4 Å². The molecule has 0 amide bonds. The van der Waals surface area contributed by atoms with E-state index in [1.807, 2.05) is 0 Å². The van der Waals surface area contributed by atoms with Gasteiger partial charge in [-0.15, -0.1) is 0 Å². The lowest BCUT2D eigenvalue weighted by Crippen LogP contribution is -2.50. The highest BCUT2D eigenvalue weighted by molar-refractivity contribution is 6.81. The molecule has 1 rings (SSSR count). The second kappa shape index (κ2) is 6.86. The molecular weight excluding hydrogens is 264 g/mol. The maximum absolute atomic E-state index is 6.68. The first-order valence-corrected chi connectivity index (χ1v) is 12.6. The molecule has 0 heterocycles. The first kappa shape index (κ1) is 16.7. The average molecular weight is 295 g/mol. The van der Waals surface area contributed by atoms with E-state index in [1.165, 1.54) is 11.1 Å². The summed E-state index contributed by atoms with van der Waals surface area (Å²) < 4.78 is 6.68. The zero-order chi connectivity index (χ0) is 14.6. The minimum absolute atomic E-state index is 0.669. The van der Waals surface area contributed by atoms with E-state index in [2.05, 4.69) is 72.0 Å².